The Kier molecular flexibility index (Phi) is 5.16. The molecule has 0 fully saturated rings. The molecule has 230 valence electrons. The zero-order valence-corrected chi connectivity index (χ0v) is 26.3. The van der Waals surface area contributed by atoms with Gasteiger partial charge >= 0.3 is 0 Å². The third kappa shape index (κ3) is 3.34. The number of fused-ring (bicyclic) bond motifs is 14. The van der Waals surface area contributed by atoms with Crippen molar-refractivity contribution in [2.75, 3.05) is 0 Å². The minimum atomic E-state index is 0.428. The van der Waals surface area contributed by atoms with E-state index in [4.69, 9.17) is 8.83 Å². The van der Waals surface area contributed by atoms with Gasteiger partial charge in [0.25, 0.3) is 0 Å². The van der Waals surface area contributed by atoms with Gasteiger partial charge in [-0.15, -0.1) is 0 Å². The normalized spacial score (nSPS) is 12.0. The van der Waals surface area contributed by atoms with Crippen molar-refractivity contribution in [3.05, 3.63) is 145 Å². The third-order valence-corrected chi connectivity index (χ3v) is 10.2. The van der Waals surface area contributed by atoms with E-state index in [1.807, 2.05) is 72.8 Å². The average Bonchev–Trinajstić information content (AvgIpc) is 3.92. The Bertz CT molecular complexity index is 3130. The molecule has 0 amide bonds. The van der Waals surface area contributed by atoms with Gasteiger partial charge in [0, 0.05) is 43.1 Å². The molecule has 4 heterocycles. The van der Waals surface area contributed by atoms with Crippen LogP contribution >= 0.6 is 0 Å². The lowest BCUT2D eigenvalue weighted by atomic mass is 10.1. The number of nitriles is 2. The molecular weight excluding hydrogens is 617 g/mol. The summed E-state index contributed by atoms with van der Waals surface area (Å²) in [5.41, 5.74) is 8.70. The summed E-state index contributed by atoms with van der Waals surface area (Å²) in [6, 6.07) is 49.5. The van der Waals surface area contributed by atoms with E-state index in [1.165, 1.54) is 0 Å². The molecule has 0 radical (unpaired) electrons. The summed E-state index contributed by atoms with van der Waals surface area (Å²) in [6.07, 6.45) is 0. The molecule has 0 aliphatic heterocycles. The van der Waals surface area contributed by atoms with E-state index in [2.05, 4.69) is 81.9 Å². The summed E-state index contributed by atoms with van der Waals surface area (Å²) < 4.78 is 17.3. The van der Waals surface area contributed by atoms with Crippen molar-refractivity contribution in [2.24, 2.45) is 0 Å². The van der Waals surface area contributed by atoms with Crippen LogP contribution in [0.3, 0.4) is 0 Å². The minimum absolute atomic E-state index is 0.428. The van der Waals surface area contributed by atoms with Crippen molar-refractivity contribution in [1.29, 1.82) is 10.5 Å². The topological polar surface area (TPSA) is 83.7 Å². The van der Waals surface area contributed by atoms with Crippen LogP contribution in [0.5, 0.6) is 0 Å². The summed E-state index contributed by atoms with van der Waals surface area (Å²) in [7, 11) is 0. The quantitative estimate of drug-likeness (QED) is 0.189. The summed E-state index contributed by atoms with van der Waals surface area (Å²) in [6.45, 7) is 0. The highest BCUT2D eigenvalue weighted by Gasteiger charge is 2.25. The molecule has 0 aliphatic rings. The molecular formula is C44H22N4O2. The Morgan fingerprint density at radius 2 is 0.780 bits per heavy atom. The molecule has 0 atom stereocenters. The van der Waals surface area contributed by atoms with E-state index in [0.29, 0.717) is 22.5 Å². The first kappa shape index (κ1) is 26.8. The second-order valence-electron chi connectivity index (χ2n) is 12.7. The molecule has 0 unspecified atom stereocenters. The van der Waals surface area contributed by atoms with Gasteiger partial charge in [-0.1, -0.05) is 84.9 Å². The molecule has 4 aromatic heterocycles. The fraction of sp³-hybridized carbons (Fsp3) is 0. The third-order valence-electron chi connectivity index (χ3n) is 10.2. The molecule has 0 saturated carbocycles. The summed E-state index contributed by atoms with van der Waals surface area (Å²) in [5, 5.41) is 29.9. The van der Waals surface area contributed by atoms with Crippen LogP contribution in [0.2, 0.25) is 0 Å². The molecule has 0 saturated heterocycles. The number of aromatic nitrogens is 2. The molecule has 50 heavy (non-hydrogen) atoms. The Morgan fingerprint density at radius 1 is 0.400 bits per heavy atom. The number of hydrogen-bond donors (Lipinski definition) is 0. The van der Waals surface area contributed by atoms with Crippen LogP contribution in [0.4, 0.5) is 0 Å². The van der Waals surface area contributed by atoms with E-state index >= 15 is 0 Å². The zero-order valence-electron chi connectivity index (χ0n) is 26.3. The number of nitrogens with zero attached hydrogens (tertiary/aromatic N) is 4. The summed E-state index contributed by atoms with van der Waals surface area (Å²) in [5.74, 6) is 0. The Hall–Kier alpha value is -7.28. The molecule has 11 rings (SSSR count). The number of furan rings is 2. The van der Waals surface area contributed by atoms with Gasteiger partial charge < -0.3 is 18.0 Å². The highest BCUT2D eigenvalue weighted by Crippen LogP contribution is 2.43. The van der Waals surface area contributed by atoms with E-state index in [-0.39, 0.29) is 0 Å². The van der Waals surface area contributed by atoms with Crippen molar-refractivity contribution >= 4 is 87.5 Å². The predicted octanol–water partition coefficient (Wildman–Crippen LogP) is 11.4. The van der Waals surface area contributed by atoms with Crippen molar-refractivity contribution in [2.45, 2.75) is 0 Å². The van der Waals surface area contributed by atoms with Crippen molar-refractivity contribution in [1.82, 2.24) is 9.13 Å². The Balaban J connectivity index is 1.28. The molecule has 0 N–H and O–H groups in total. The lowest BCUT2D eigenvalue weighted by Crippen LogP contribution is -2.04. The second-order valence-corrected chi connectivity index (χ2v) is 12.7. The maximum atomic E-state index is 10.9. The van der Waals surface area contributed by atoms with Gasteiger partial charge in [0.2, 0.25) is 0 Å². The van der Waals surface area contributed by atoms with E-state index in [1.54, 1.807) is 0 Å². The maximum Gasteiger partial charge on any atom is 0.160 e. The van der Waals surface area contributed by atoms with Gasteiger partial charge in [-0.25, -0.2) is 0 Å². The molecule has 6 nitrogen and oxygen atoms in total. The van der Waals surface area contributed by atoms with Crippen molar-refractivity contribution < 1.29 is 8.83 Å². The van der Waals surface area contributed by atoms with Gasteiger partial charge in [-0.05, 0) is 48.5 Å². The molecule has 0 spiro atoms. The van der Waals surface area contributed by atoms with E-state index in [0.717, 1.165) is 87.5 Å². The predicted molar refractivity (Wildman–Crippen MR) is 199 cm³/mol. The molecule has 0 bridgehead atoms. The van der Waals surface area contributed by atoms with Crippen molar-refractivity contribution in [3.63, 3.8) is 0 Å². The first-order chi connectivity index (χ1) is 24.7. The highest BCUT2D eigenvalue weighted by atomic mass is 16.3. The van der Waals surface area contributed by atoms with Gasteiger partial charge in [0.15, 0.2) is 11.2 Å². The second kappa shape index (κ2) is 9.64. The maximum absolute atomic E-state index is 10.9. The lowest BCUT2D eigenvalue weighted by molar-refractivity contribution is 0.670. The molecule has 7 aromatic carbocycles. The monoisotopic (exact) mass is 638 g/mol. The Labute approximate surface area is 283 Å². The standard InChI is InChI=1S/C44H22N4O2/c45-23-25-22-38(48-36-14-6-2-10-28(36)32-18-20-34-30-12-4-8-16-40(30)50-44(34)42(32)48)26(24-46)21-37(25)47-35-13-5-1-9-27(35)31-17-19-33-29-11-3-7-15-39(29)49-43(33)41(31)47/h1-22H. The van der Waals surface area contributed by atoms with Gasteiger partial charge in [0.1, 0.15) is 23.3 Å². The van der Waals surface area contributed by atoms with Crippen LogP contribution in [0.15, 0.2) is 142 Å². The highest BCUT2D eigenvalue weighted by molar-refractivity contribution is 6.23. The fourth-order valence-corrected chi connectivity index (χ4v) is 8.09. The first-order valence-electron chi connectivity index (χ1n) is 16.4. The number of rotatable bonds is 2. The minimum Gasteiger partial charge on any atom is -0.454 e. The van der Waals surface area contributed by atoms with Crippen LogP contribution in [0.25, 0.3) is 98.9 Å². The smallest absolute Gasteiger partial charge is 0.160 e. The fourth-order valence-electron chi connectivity index (χ4n) is 8.09. The van der Waals surface area contributed by atoms with Crippen LogP contribution in [0, 0.1) is 22.7 Å². The largest absolute Gasteiger partial charge is 0.454 e. The van der Waals surface area contributed by atoms with E-state index < -0.39 is 0 Å². The van der Waals surface area contributed by atoms with Gasteiger partial charge in [0.05, 0.1) is 44.6 Å². The SMILES string of the molecule is N#Cc1cc(-n2c3ccccc3c3ccc4c5ccccc5oc4c32)c(C#N)cc1-n1c2ccccc2c2ccc3c4ccccc4oc3c21. The number of para-hydroxylation sites is 4. The summed E-state index contributed by atoms with van der Waals surface area (Å²) in [4.78, 5) is 0. The van der Waals surface area contributed by atoms with E-state index in [9.17, 15) is 10.5 Å². The zero-order chi connectivity index (χ0) is 33.1. The number of hydrogen-bond acceptors (Lipinski definition) is 4. The summed E-state index contributed by atoms with van der Waals surface area (Å²) >= 11 is 0. The van der Waals surface area contributed by atoms with Gasteiger partial charge in [-0.2, -0.15) is 10.5 Å². The van der Waals surface area contributed by atoms with Crippen LogP contribution < -0.4 is 0 Å². The van der Waals surface area contributed by atoms with Crippen molar-refractivity contribution in [3.8, 4) is 23.5 Å². The Morgan fingerprint density at radius 3 is 1.22 bits per heavy atom. The molecule has 6 heteroatoms. The van der Waals surface area contributed by atoms with Crippen LogP contribution in [-0.2, 0) is 0 Å². The molecule has 11 aromatic rings. The van der Waals surface area contributed by atoms with Crippen LogP contribution in [0.1, 0.15) is 11.1 Å². The van der Waals surface area contributed by atoms with Gasteiger partial charge in [-0.3, -0.25) is 0 Å². The van der Waals surface area contributed by atoms with Crippen LogP contribution in [-0.4, -0.2) is 9.13 Å². The lowest BCUT2D eigenvalue weighted by Gasteiger charge is -2.15. The first-order valence-corrected chi connectivity index (χ1v) is 16.4. The average molecular weight is 639 g/mol. The molecule has 0 aliphatic carbocycles. The number of benzene rings is 7.